The van der Waals surface area contributed by atoms with Gasteiger partial charge in [0.05, 0.1) is 6.54 Å². The highest BCUT2D eigenvalue weighted by molar-refractivity contribution is 5.78. The molecule has 0 aliphatic heterocycles. The van der Waals surface area contributed by atoms with Gasteiger partial charge in [-0.15, -0.1) is 0 Å². The quantitative estimate of drug-likeness (QED) is 0.695. The molecule has 0 spiro atoms. The predicted octanol–water partition coefficient (Wildman–Crippen LogP) is 0.948. The van der Waals surface area contributed by atoms with Gasteiger partial charge in [-0.1, -0.05) is 19.3 Å². The molecule has 1 saturated carbocycles. The Hall–Kier alpha value is -0.820. The van der Waals surface area contributed by atoms with Gasteiger partial charge < -0.3 is 15.7 Å². The van der Waals surface area contributed by atoms with E-state index < -0.39 is 18.8 Å². The van der Waals surface area contributed by atoms with Gasteiger partial charge in [0.15, 0.2) is 6.10 Å². The van der Waals surface area contributed by atoms with Crippen molar-refractivity contribution in [2.24, 2.45) is 0 Å². The van der Waals surface area contributed by atoms with Crippen molar-refractivity contribution in [1.82, 2.24) is 10.6 Å². The van der Waals surface area contributed by atoms with Crippen molar-refractivity contribution in [2.45, 2.75) is 50.4 Å². The second-order valence-corrected chi connectivity index (χ2v) is 4.59. The van der Waals surface area contributed by atoms with Gasteiger partial charge in [0.25, 0.3) is 0 Å². The molecule has 0 radical (unpaired) electrons. The maximum Gasteiger partial charge on any atom is 0.415 e. The van der Waals surface area contributed by atoms with Crippen molar-refractivity contribution in [1.29, 1.82) is 0 Å². The number of aliphatic hydroxyl groups excluding tert-OH is 1. The standard InChI is InChI=1S/C11H19F3N2O2/c12-11(13,14)9(17)6-15-7-10(18)16-8-4-2-1-3-5-8/h8-9,15,17H,1-7H2,(H,16,18). The average Bonchev–Trinajstić information content (AvgIpc) is 2.28. The van der Waals surface area contributed by atoms with Crippen molar-refractivity contribution in [3.05, 3.63) is 0 Å². The lowest BCUT2D eigenvalue weighted by Gasteiger charge is -2.23. The molecule has 3 N–H and O–H groups in total. The molecule has 7 heteroatoms. The molecule has 0 bridgehead atoms. The van der Waals surface area contributed by atoms with Gasteiger partial charge in [0.1, 0.15) is 0 Å². The van der Waals surface area contributed by atoms with Gasteiger partial charge >= 0.3 is 6.18 Å². The van der Waals surface area contributed by atoms with Crippen molar-refractivity contribution in [3.63, 3.8) is 0 Å². The lowest BCUT2D eigenvalue weighted by Crippen LogP contribution is -2.45. The third-order valence-corrected chi connectivity index (χ3v) is 2.97. The summed E-state index contributed by atoms with van der Waals surface area (Å²) in [6.07, 6.45) is -1.90. The zero-order valence-corrected chi connectivity index (χ0v) is 10.1. The SMILES string of the molecule is O=C(CNCC(O)C(F)(F)F)NC1CCCCC1. The van der Waals surface area contributed by atoms with Crippen LogP contribution in [0, 0.1) is 0 Å². The summed E-state index contributed by atoms with van der Waals surface area (Å²) in [6, 6.07) is 0.139. The molecule has 4 nitrogen and oxygen atoms in total. The summed E-state index contributed by atoms with van der Waals surface area (Å²) in [6.45, 7) is -0.870. The Morgan fingerprint density at radius 1 is 1.28 bits per heavy atom. The van der Waals surface area contributed by atoms with E-state index >= 15 is 0 Å². The summed E-state index contributed by atoms with van der Waals surface area (Å²) in [5.41, 5.74) is 0. The summed E-state index contributed by atoms with van der Waals surface area (Å²) >= 11 is 0. The molecule has 0 heterocycles. The molecule has 1 aliphatic rings. The molecule has 1 rings (SSSR count). The number of hydrogen-bond donors (Lipinski definition) is 3. The van der Waals surface area contributed by atoms with E-state index in [9.17, 15) is 18.0 Å². The van der Waals surface area contributed by atoms with Crippen molar-refractivity contribution < 1.29 is 23.1 Å². The van der Waals surface area contributed by atoms with Crippen LogP contribution in [0.3, 0.4) is 0 Å². The number of rotatable bonds is 5. The first kappa shape index (κ1) is 15.2. The topological polar surface area (TPSA) is 61.4 Å². The molecule has 1 fully saturated rings. The van der Waals surface area contributed by atoms with Gasteiger partial charge in [-0.2, -0.15) is 13.2 Å². The summed E-state index contributed by atoms with van der Waals surface area (Å²) in [5.74, 6) is -0.323. The number of nitrogens with one attached hydrogen (secondary N) is 2. The van der Waals surface area contributed by atoms with E-state index in [1.807, 2.05) is 0 Å². The second-order valence-electron chi connectivity index (χ2n) is 4.59. The zero-order valence-electron chi connectivity index (χ0n) is 10.1. The minimum absolute atomic E-state index is 0.139. The van der Waals surface area contributed by atoms with Crippen molar-refractivity contribution >= 4 is 5.91 Å². The highest BCUT2D eigenvalue weighted by Gasteiger charge is 2.37. The van der Waals surface area contributed by atoms with E-state index in [4.69, 9.17) is 5.11 Å². The monoisotopic (exact) mass is 268 g/mol. The van der Waals surface area contributed by atoms with Crippen LogP contribution in [0.4, 0.5) is 13.2 Å². The first-order valence-corrected chi connectivity index (χ1v) is 6.14. The zero-order chi connectivity index (χ0) is 13.6. The van der Waals surface area contributed by atoms with Crippen LogP contribution in [0.5, 0.6) is 0 Å². The van der Waals surface area contributed by atoms with Gasteiger partial charge in [-0.05, 0) is 12.8 Å². The molecule has 1 amide bonds. The number of carbonyl (C=O) groups is 1. The first-order chi connectivity index (χ1) is 8.39. The van der Waals surface area contributed by atoms with Crippen LogP contribution in [0.1, 0.15) is 32.1 Å². The van der Waals surface area contributed by atoms with Gasteiger partial charge in [0, 0.05) is 12.6 Å². The lowest BCUT2D eigenvalue weighted by molar-refractivity contribution is -0.201. The Morgan fingerprint density at radius 2 is 1.89 bits per heavy atom. The van der Waals surface area contributed by atoms with Crippen molar-refractivity contribution in [3.8, 4) is 0 Å². The Kier molecular flexibility index (Phi) is 5.87. The minimum atomic E-state index is -4.65. The first-order valence-electron chi connectivity index (χ1n) is 6.14. The fourth-order valence-corrected chi connectivity index (χ4v) is 1.96. The van der Waals surface area contributed by atoms with E-state index in [2.05, 4.69) is 10.6 Å². The van der Waals surface area contributed by atoms with Gasteiger partial charge in [-0.25, -0.2) is 0 Å². The fourth-order valence-electron chi connectivity index (χ4n) is 1.96. The molecule has 1 atom stereocenters. The summed E-state index contributed by atoms with van der Waals surface area (Å²) in [4.78, 5) is 11.4. The maximum atomic E-state index is 12.0. The molecule has 1 aliphatic carbocycles. The molecular weight excluding hydrogens is 249 g/mol. The largest absolute Gasteiger partial charge is 0.415 e. The summed E-state index contributed by atoms with van der Waals surface area (Å²) < 4.78 is 35.9. The fraction of sp³-hybridized carbons (Fsp3) is 0.909. The van der Waals surface area contributed by atoms with Crippen molar-refractivity contribution in [2.75, 3.05) is 13.1 Å². The lowest BCUT2D eigenvalue weighted by atomic mass is 9.95. The van der Waals surface area contributed by atoms with Crippen LogP contribution < -0.4 is 10.6 Å². The molecule has 0 aromatic heterocycles. The molecule has 0 aromatic rings. The molecule has 1 unspecified atom stereocenters. The molecular formula is C11H19F3N2O2. The van der Waals surface area contributed by atoms with E-state index in [1.165, 1.54) is 6.42 Å². The third-order valence-electron chi connectivity index (χ3n) is 2.97. The van der Waals surface area contributed by atoms with Crippen LogP contribution in [0.2, 0.25) is 0 Å². The van der Waals surface area contributed by atoms with Crippen LogP contribution in [-0.4, -0.2) is 42.4 Å². The normalized spacial score (nSPS) is 19.6. The Balaban J connectivity index is 2.13. The van der Waals surface area contributed by atoms with Crippen LogP contribution in [0.15, 0.2) is 0 Å². The molecule has 0 saturated heterocycles. The Bertz CT molecular complexity index is 266. The number of amides is 1. The van der Waals surface area contributed by atoms with E-state index in [1.54, 1.807) is 0 Å². The summed E-state index contributed by atoms with van der Waals surface area (Å²) in [5, 5.41) is 13.8. The number of halogens is 3. The maximum absolute atomic E-state index is 12.0. The van der Waals surface area contributed by atoms with Crippen LogP contribution >= 0.6 is 0 Å². The number of carbonyl (C=O) groups excluding carboxylic acids is 1. The third kappa shape index (κ3) is 5.68. The van der Waals surface area contributed by atoms with E-state index in [-0.39, 0.29) is 18.5 Å². The average molecular weight is 268 g/mol. The molecule has 0 aromatic carbocycles. The highest BCUT2D eigenvalue weighted by atomic mass is 19.4. The van der Waals surface area contributed by atoms with Crippen LogP contribution in [-0.2, 0) is 4.79 Å². The van der Waals surface area contributed by atoms with E-state index in [0.29, 0.717) is 0 Å². The summed E-state index contributed by atoms with van der Waals surface area (Å²) in [7, 11) is 0. The minimum Gasteiger partial charge on any atom is -0.382 e. The van der Waals surface area contributed by atoms with Gasteiger partial charge in [0.2, 0.25) is 5.91 Å². The number of hydrogen-bond acceptors (Lipinski definition) is 3. The van der Waals surface area contributed by atoms with Crippen LogP contribution in [0.25, 0.3) is 0 Å². The van der Waals surface area contributed by atoms with E-state index in [0.717, 1.165) is 25.7 Å². The molecule has 18 heavy (non-hydrogen) atoms. The Morgan fingerprint density at radius 3 is 2.44 bits per heavy atom. The number of alkyl halides is 3. The van der Waals surface area contributed by atoms with Gasteiger partial charge in [-0.3, -0.25) is 4.79 Å². The number of aliphatic hydroxyl groups is 1. The highest BCUT2D eigenvalue weighted by Crippen LogP contribution is 2.19. The Labute approximate surface area is 104 Å². The second kappa shape index (κ2) is 6.94. The predicted molar refractivity (Wildman–Crippen MR) is 59.9 cm³/mol. The smallest absolute Gasteiger partial charge is 0.382 e. The molecule has 106 valence electrons.